The van der Waals surface area contributed by atoms with Crippen LogP contribution in [0.15, 0.2) is 17.3 Å². The molecular formula is C14H19F2N3O. The van der Waals surface area contributed by atoms with E-state index in [9.17, 15) is 8.78 Å². The molecule has 110 valence electrons. The Morgan fingerprint density at radius 1 is 1.30 bits per heavy atom. The van der Waals surface area contributed by atoms with Crippen LogP contribution >= 0.6 is 0 Å². The van der Waals surface area contributed by atoms with Crippen molar-refractivity contribution in [3.63, 3.8) is 0 Å². The molecule has 0 radical (unpaired) electrons. The minimum Gasteiger partial charge on any atom is -0.409 e. The fourth-order valence-corrected chi connectivity index (χ4v) is 2.56. The van der Waals surface area contributed by atoms with Gasteiger partial charge in [-0.05, 0) is 37.3 Å². The smallest absolute Gasteiger partial charge is 0.170 e. The number of hydrogen-bond donors (Lipinski definition) is 2. The van der Waals surface area contributed by atoms with E-state index in [1.807, 2.05) is 0 Å². The van der Waals surface area contributed by atoms with Crippen LogP contribution in [0.3, 0.4) is 0 Å². The van der Waals surface area contributed by atoms with Crippen LogP contribution in [0.25, 0.3) is 0 Å². The lowest BCUT2D eigenvalue weighted by molar-refractivity contribution is 0.318. The fraction of sp³-hybridized carbons (Fsp3) is 0.500. The van der Waals surface area contributed by atoms with Gasteiger partial charge in [-0.3, -0.25) is 0 Å². The molecule has 0 amide bonds. The Kier molecular flexibility index (Phi) is 4.42. The van der Waals surface area contributed by atoms with E-state index in [4.69, 9.17) is 10.9 Å². The van der Waals surface area contributed by atoms with E-state index in [0.717, 1.165) is 31.4 Å². The van der Waals surface area contributed by atoms with E-state index in [-0.39, 0.29) is 17.1 Å². The second-order valence-corrected chi connectivity index (χ2v) is 5.30. The lowest BCUT2D eigenvalue weighted by Gasteiger charge is -2.24. The molecule has 4 nitrogen and oxygen atoms in total. The summed E-state index contributed by atoms with van der Waals surface area (Å²) in [6.07, 6.45) is 2.91. The van der Waals surface area contributed by atoms with E-state index >= 15 is 0 Å². The third kappa shape index (κ3) is 3.00. The first-order valence-electron chi connectivity index (χ1n) is 6.74. The topological polar surface area (TPSA) is 61.8 Å². The van der Waals surface area contributed by atoms with Crippen molar-refractivity contribution in [1.82, 2.24) is 0 Å². The Hall–Kier alpha value is -1.85. The van der Waals surface area contributed by atoms with Gasteiger partial charge in [0.25, 0.3) is 0 Å². The van der Waals surface area contributed by atoms with Crippen molar-refractivity contribution < 1.29 is 14.0 Å². The van der Waals surface area contributed by atoms with Gasteiger partial charge in [-0.15, -0.1) is 0 Å². The zero-order valence-corrected chi connectivity index (χ0v) is 11.4. The van der Waals surface area contributed by atoms with Gasteiger partial charge in [0, 0.05) is 18.7 Å². The maximum absolute atomic E-state index is 14.1. The number of nitrogens with two attached hydrogens (primary N) is 1. The number of benzene rings is 1. The highest BCUT2D eigenvalue weighted by Gasteiger charge is 2.21. The highest BCUT2D eigenvalue weighted by atomic mass is 19.1. The number of rotatable bonds is 2. The Labute approximate surface area is 116 Å². The van der Waals surface area contributed by atoms with Crippen molar-refractivity contribution in [3.05, 3.63) is 29.3 Å². The quantitative estimate of drug-likeness (QED) is 0.380. The molecule has 0 saturated carbocycles. The summed E-state index contributed by atoms with van der Waals surface area (Å²) in [5.74, 6) is -1.09. The largest absolute Gasteiger partial charge is 0.409 e. The van der Waals surface area contributed by atoms with Crippen molar-refractivity contribution in [1.29, 1.82) is 0 Å². The van der Waals surface area contributed by atoms with E-state index in [1.54, 1.807) is 4.90 Å². The van der Waals surface area contributed by atoms with Gasteiger partial charge >= 0.3 is 0 Å². The van der Waals surface area contributed by atoms with Crippen molar-refractivity contribution >= 4 is 11.5 Å². The summed E-state index contributed by atoms with van der Waals surface area (Å²) in [5.41, 5.74) is 5.37. The predicted octanol–water partition coefficient (Wildman–Crippen LogP) is 2.69. The molecule has 1 aromatic carbocycles. The highest BCUT2D eigenvalue weighted by molar-refractivity contribution is 5.97. The van der Waals surface area contributed by atoms with Crippen molar-refractivity contribution in [2.45, 2.75) is 26.2 Å². The monoisotopic (exact) mass is 283 g/mol. The zero-order chi connectivity index (χ0) is 14.7. The third-order valence-corrected chi connectivity index (χ3v) is 3.75. The first-order valence-corrected chi connectivity index (χ1v) is 6.74. The molecule has 1 aliphatic rings. The van der Waals surface area contributed by atoms with Gasteiger partial charge in [0.2, 0.25) is 0 Å². The fourth-order valence-electron chi connectivity index (χ4n) is 2.56. The molecule has 1 unspecified atom stereocenters. The zero-order valence-electron chi connectivity index (χ0n) is 11.4. The Morgan fingerprint density at radius 2 is 1.95 bits per heavy atom. The second kappa shape index (κ2) is 6.07. The number of anilines is 1. The molecule has 1 atom stereocenters. The Bertz CT molecular complexity index is 496. The van der Waals surface area contributed by atoms with Gasteiger partial charge < -0.3 is 15.8 Å². The summed E-state index contributed by atoms with van der Waals surface area (Å²) >= 11 is 0. The van der Waals surface area contributed by atoms with Gasteiger partial charge in [-0.25, -0.2) is 8.78 Å². The summed E-state index contributed by atoms with van der Waals surface area (Å²) in [7, 11) is 0. The predicted molar refractivity (Wildman–Crippen MR) is 74.1 cm³/mol. The van der Waals surface area contributed by atoms with Gasteiger partial charge in [0.1, 0.15) is 17.3 Å². The molecule has 3 N–H and O–H groups in total. The van der Waals surface area contributed by atoms with E-state index < -0.39 is 11.6 Å². The van der Waals surface area contributed by atoms with Crippen molar-refractivity contribution in [3.8, 4) is 0 Å². The molecule has 6 heteroatoms. The molecule has 1 saturated heterocycles. The van der Waals surface area contributed by atoms with E-state index in [0.29, 0.717) is 19.0 Å². The van der Waals surface area contributed by atoms with Crippen LogP contribution in [0.2, 0.25) is 0 Å². The summed E-state index contributed by atoms with van der Waals surface area (Å²) in [6.45, 7) is 3.43. The summed E-state index contributed by atoms with van der Waals surface area (Å²) in [6, 6.07) is 2.20. The molecule has 0 aromatic heterocycles. The van der Waals surface area contributed by atoms with Crippen molar-refractivity contribution in [2.75, 3.05) is 18.0 Å². The van der Waals surface area contributed by atoms with Crippen LogP contribution in [0, 0.1) is 17.6 Å². The van der Waals surface area contributed by atoms with Crippen LogP contribution in [-0.2, 0) is 0 Å². The molecule has 1 heterocycles. The Morgan fingerprint density at radius 3 is 2.55 bits per heavy atom. The average molecular weight is 283 g/mol. The van der Waals surface area contributed by atoms with Crippen LogP contribution < -0.4 is 10.6 Å². The second-order valence-electron chi connectivity index (χ2n) is 5.30. The van der Waals surface area contributed by atoms with Crippen LogP contribution in [0.1, 0.15) is 31.7 Å². The number of hydrogen-bond acceptors (Lipinski definition) is 3. The SMILES string of the molecule is CC1CCCN(c2c(F)cc(C(N)=NO)cc2F)CC1. The lowest BCUT2D eigenvalue weighted by atomic mass is 10.0. The molecule has 1 aromatic rings. The Balaban J connectivity index is 2.32. The molecule has 1 fully saturated rings. The van der Waals surface area contributed by atoms with E-state index in [1.165, 1.54) is 0 Å². The van der Waals surface area contributed by atoms with Gasteiger partial charge in [0.05, 0.1) is 0 Å². The minimum absolute atomic E-state index is 0.0198. The first-order chi connectivity index (χ1) is 9.52. The van der Waals surface area contributed by atoms with Crippen LogP contribution in [0.5, 0.6) is 0 Å². The highest BCUT2D eigenvalue weighted by Crippen LogP contribution is 2.28. The minimum atomic E-state index is -0.679. The molecule has 0 bridgehead atoms. The average Bonchev–Trinajstić information content (AvgIpc) is 2.62. The number of halogens is 2. The first kappa shape index (κ1) is 14.6. The van der Waals surface area contributed by atoms with Gasteiger partial charge in [-0.2, -0.15) is 0 Å². The molecule has 20 heavy (non-hydrogen) atoms. The van der Waals surface area contributed by atoms with E-state index in [2.05, 4.69) is 12.1 Å². The molecular weight excluding hydrogens is 264 g/mol. The normalized spacial score (nSPS) is 20.9. The van der Waals surface area contributed by atoms with Gasteiger partial charge in [0.15, 0.2) is 5.84 Å². The standard InChI is InChI=1S/C14H19F2N3O/c1-9-3-2-5-19(6-4-9)13-11(15)7-10(8-12(13)16)14(17)18-20/h7-9,20H,2-6H2,1H3,(H2,17,18). The summed E-state index contributed by atoms with van der Waals surface area (Å²) in [5, 5.41) is 11.3. The number of amidine groups is 1. The third-order valence-electron chi connectivity index (χ3n) is 3.75. The molecule has 0 spiro atoms. The molecule has 0 aliphatic carbocycles. The van der Waals surface area contributed by atoms with Crippen LogP contribution in [0.4, 0.5) is 14.5 Å². The summed E-state index contributed by atoms with van der Waals surface area (Å²) in [4.78, 5) is 1.74. The maximum Gasteiger partial charge on any atom is 0.170 e. The molecule has 1 aliphatic heterocycles. The van der Waals surface area contributed by atoms with Crippen LogP contribution in [-0.4, -0.2) is 24.1 Å². The van der Waals surface area contributed by atoms with Crippen molar-refractivity contribution in [2.24, 2.45) is 16.8 Å². The molecule has 2 rings (SSSR count). The number of oxime groups is 1. The van der Waals surface area contributed by atoms with Gasteiger partial charge in [-0.1, -0.05) is 12.1 Å². The number of nitrogens with zero attached hydrogens (tertiary/aromatic N) is 2. The maximum atomic E-state index is 14.1. The lowest BCUT2D eigenvalue weighted by Crippen LogP contribution is -2.27. The summed E-state index contributed by atoms with van der Waals surface area (Å²) < 4.78 is 28.3.